The standard InChI is InChI=1S/C11H18/c1-7-5-8(2)11-4-3-9(6-11)10(7)11/h7-10H,3-6H2,1-2H3. The summed E-state index contributed by atoms with van der Waals surface area (Å²) in [6, 6.07) is 0. The quantitative estimate of drug-likeness (QED) is 0.498. The number of hydrogen-bond donors (Lipinski definition) is 0. The highest BCUT2D eigenvalue weighted by Gasteiger charge is 2.65. The van der Waals surface area contributed by atoms with Crippen LogP contribution >= 0.6 is 0 Å². The maximum atomic E-state index is 2.50. The number of hydrogen-bond acceptors (Lipinski definition) is 0. The first kappa shape index (κ1) is 6.51. The second kappa shape index (κ2) is 1.67. The lowest BCUT2D eigenvalue weighted by atomic mass is 9.58. The van der Waals surface area contributed by atoms with Gasteiger partial charge in [0, 0.05) is 0 Å². The second-order valence-electron chi connectivity index (χ2n) is 5.38. The lowest BCUT2D eigenvalue weighted by Gasteiger charge is -2.47. The van der Waals surface area contributed by atoms with Crippen LogP contribution in [0.15, 0.2) is 0 Å². The zero-order valence-corrected chi connectivity index (χ0v) is 7.64. The normalized spacial score (nSPS) is 66.0. The molecular formula is C11H18. The Morgan fingerprint density at radius 2 is 2.09 bits per heavy atom. The highest BCUT2D eigenvalue weighted by Crippen LogP contribution is 2.73. The van der Waals surface area contributed by atoms with E-state index in [1.54, 1.807) is 19.3 Å². The molecule has 5 unspecified atom stereocenters. The van der Waals surface area contributed by atoms with Gasteiger partial charge in [-0.05, 0) is 54.8 Å². The average molecular weight is 150 g/mol. The topological polar surface area (TPSA) is 0 Å². The van der Waals surface area contributed by atoms with Crippen LogP contribution in [0.4, 0.5) is 0 Å². The maximum absolute atomic E-state index is 2.50. The summed E-state index contributed by atoms with van der Waals surface area (Å²) in [5, 5.41) is 0. The van der Waals surface area contributed by atoms with Gasteiger partial charge in [0.05, 0.1) is 0 Å². The summed E-state index contributed by atoms with van der Waals surface area (Å²) in [7, 11) is 0. The first-order chi connectivity index (χ1) is 5.24. The van der Waals surface area contributed by atoms with Crippen molar-refractivity contribution in [1.82, 2.24) is 0 Å². The van der Waals surface area contributed by atoms with Crippen LogP contribution in [0.25, 0.3) is 0 Å². The van der Waals surface area contributed by atoms with Crippen molar-refractivity contribution in [3.8, 4) is 0 Å². The van der Waals surface area contributed by atoms with E-state index in [0.29, 0.717) is 0 Å². The molecule has 0 saturated heterocycles. The van der Waals surface area contributed by atoms with E-state index >= 15 is 0 Å². The lowest BCUT2D eigenvalue weighted by molar-refractivity contribution is 0.0149. The summed E-state index contributed by atoms with van der Waals surface area (Å²) in [4.78, 5) is 0. The molecule has 0 amide bonds. The molecule has 0 aromatic heterocycles. The maximum Gasteiger partial charge on any atom is -0.0235 e. The largest absolute Gasteiger partial charge is 0.0622 e. The van der Waals surface area contributed by atoms with Gasteiger partial charge in [-0.1, -0.05) is 13.8 Å². The fourth-order valence-electron chi connectivity index (χ4n) is 4.81. The first-order valence-electron chi connectivity index (χ1n) is 5.24. The van der Waals surface area contributed by atoms with Crippen molar-refractivity contribution in [3.63, 3.8) is 0 Å². The van der Waals surface area contributed by atoms with Crippen molar-refractivity contribution in [2.75, 3.05) is 0 Å². The van der Waals surface area contributed by atoms with E-state index in [4.69, 9.17) is 0 Å². The molecule has 0 nitrogen and oxygen atoms in total. The minimum atomic E-state index is 0.879. The fourth-order valence-corrected chi connectivity index (χ4v) is 4.81. The Labute approximate surface area is 69.4 Å². The SMILES string of the molecule is CC1CC(C)C23CCC(C2)C13. The van der Waals surface area contributed by atoms with E-state index in [0.717, 1.165) is 29.1 Å². The molecular weight excluding hydrogens is 132 g/mol. The summed E-state index contributed by atoms with van der Waals surface area (Å²) >= 11 is 0. The van der Waals surface area contributed by atoms with Crippen LogP contribution in [-0.2, 0) is 0 Å². The van der Waals surface area contributed by atoms with Crippen molar-refractivity contribution in [1.29, 1.82) is 0 Å². The summed E-state index contributed by atoms with van der Waals surface area (Å²) in [6.45, 7) is 4.98. The average Bonchev–Trinajstić information content (AvgIpc) is 2.43. The van der Waals surface area contributed by atoms with E-state index in [1.165, 1.54) is 6.42 Å². The molecule has 0 radical (unpaired) electrons. The molecule has 0 heteroatoms. The zero-order valence-electron chi connectivity index (χ0n) is 7.64. The van der Waals surface area contributed by atoms with E-state index in [2.05, 4.69) is 13.8 Å². The minimum Gasteiger partial charge on any atom is -0.0622 e. The highest BCUT2D eigenvalue weighted by molar-refractivity contribution is 5.14. The van der Waals surface area contributed by atoms with Gasteiger partial charge in [0.25, 0.3) is 0 Å². The third-order valence-corrected chi connectivity index (χ3v) is 5.11. The molecule has 0 aromatic carbocycles. The molecule has 5 atom stereocenters. The highest BCUT2D eigenvalue weighted by atomic mass is 14.7. The molecule has 4 saturated carbocycles. The van der Waals surface area contributed by atoms with Gasteiger partial charge in [-0.2, -0.15) is 0 Å². The van der Waals surface area contributed by atoms with E-state index in [-0.39, 0.29) is 0 Å². The fraction of sp³-hybridized carbons (Fsp3) is 1.00. The molecule has 4 aliphatic rings. The van der Waals surface area contributed by atoms with E-state index < -0.39 is 0 Å². The third-order valence-electron chi connectivity index (χ3n) is 5.11. The van der Waals surface area contributed by atoms with Crippen LogP contribution in [0.5, 0.6) is 0 Å². The minimum absolute atomic E-state index is 0.879. The van der Waals surface area contributed by atoms with Gasteiger partial charge >= 0.3 is 0 Å². The third kappa shape index (κ3) is 0.522. The van der Waals surface area contributed by atoms with Crippen LogP contribution in [0.2, 0.25) is 0 Å². The van der Waals surface area contributed by atoms with Crippen molar-refractivity contribution in [2.24, 2.45) is 29.1 Å². The molecule has 4 fully saturated rings. The molecule has 4 rings (SSSR count). The lowest BCUT2D eigenvalue weighted by Crippen LogP contribution is -2.40. The monoisotopic (exact) mass is 150 g/mol. The van der Waals surface area contributed by atoms with Crippen LogP contribution in [0, 0.1) is 29.1 Å². The molecule has 0 aliphatic heterocycles. The van der Waals surface area contributed by atoms with Gasteiger partial charge in [0.15, 0.2) is 0 Å². The summed E-state index contributed by atoms with van der Waals surface area (Å²) in [6.07, 6.45) is 6.28. The van der Waals surface area contributed by atoms with Crippen molar-refractivity contribution in [3.05, 3.63) is 0 Å². The van der Waals surface area contributed by atoms with Crippen molar-refractivity contribution < 1.29 is 0 Å². The Morgan fingerprint density at radius 3 is 2.73 bits per heavy atom. The number of rotatable bonds is 0. The molecule has 62 valence electrons. The van der Waals surface area contributed by atoms with Crippen molar-refractivity contribution >= 4 is 0 Å². The van der Waals surface area contributed by atoms with Gasteiger partial charge < -0.3 is 0 Å². The summed E-state index contributed by atoms with van der Waals surface area (Å²) in [5.74, 6) is 4.44. The predicted octanol–water partition coefficient (Wildman–Crippen LogP) is 3.08. The number of fused-ring (bicyclic) bond motifs is 1. The second-order valence-corrected chi connectivity index (χ2v) is 5.38. The summed E-state index contributed by atoms with van der Waals surface area (Å²) in [5.41, 5.74) is 0.879. The molecule has 0 aromatic rings. The summed E-state index contributed by atoms with van der Waals surface area (Å²) < 4.78 is 0. The van der Waals surface area contributed by atoms with E-state index in [1.807, 2.05) is 0 Å². The van der Waals surface area contributed by atoms with Crippen LogP contribution in [-0.4, -0.2) is 0 Å². The molecule has 2 bridgehead atoms. The van der Waals surface area contributed by atoms with Gasteiger partial charge in [0.1, 0.15) is 0 Å². The molecule has 0 N–H and O–H groups in total. The Kier molecular flexibility index (Phi) is 0.990. The molecule has 1 spiro atoms. The van der Waals surface area contributed by atoms with Gasteiger partial charge in [-0.3, -0.25) is 0 Å². The molecule has 4 aliphatic carbocycles. The Balaban J connectivity index is 2.00. The van der Waals surface area contributed by atoms with Gasteiger partial charge in [-0.25, -0.2) is 0 Å². The smallest absolute Gasteiger partial charge is 0.0235 e. The Morgan fingerprint density at radius 1 is 1.27 bits per heavy atom. The van der Waals surface area contributed by atoms with Crippen molar-refractivity contribution in [2.45, 2.75) is 39.5 Å². The Hall–Kier alpha value is 0. The molecule has 0 heterocycles. The Bertz CT molecular complexity index is 192. The van der Waals surface area contributed by atoms with Crippen LogP contribution < -0.4 is 0 Å². The van der Waals surface area contributed by atoms with Gasteiger partial charge in [0.2, 0.25) is 0 Å². The zero-order chi connectivity index (χ0) is 7.64. The van der Waals surface area contributed by atoms with Crippen LogP contribution in [0.3, 0.4) is 0 Å². The van der Waals surface area contributed by atoms with Crippen LogP contribution in [0.1, 0.15) is 39.5 Å². The van der Waals surface area contributed by atoms with Gasteiger partial charge in [-0.15, -0.1) is 0 Å². The van der Waals surface area contributed by atoms with E-state index in [9.17, 15) is 0 Å². The molecule has 11 heavy (non-hydrogen) atoms. The first-order valence-corrected chi connectivity index (χ1v) is 5.24. The predicted molar refractivity (Wildman–Crippen MR) is 46.2 cm³/mol.